The van der Waals surface area contributed by atoms with Crippen LogP contribution in [-0.2, 0) is 14.3 Å². The predicted octanol–water partition coefficient (Wildman–Crippen LogP) is 1.78. The van der Waals surface area contributed by atoms with E-state index in [2.05, 4.69) is 15.5 Å². The van der Waals surface area contributed by atoms with Crippen molar-refractivity contribution in [1.29, 1.82) is 0 Å². The van der Waals surface area contributed by atoms with Crippen molar-refractivity contribution in [3.63, 3.8) is 0 Å². The van der Waals surface area contributed by atoms with Crippen LogP contribution in [0.3, 0.4) is 0 Å². The van der Waals surface area contributed by atoms with Gasteiger partial charge in [-0.25, -0.2) is 0 Å². The van der Waals surface area contributed by atoms with Gasteiger partial charge in [-0.3, -0.25) is 4.79 Å². The van der Waals surface area contributed by atoms with Gasteiger partial charge in [-0.15, -0.1) is 5.10 Å². The first kappa shape index (κ1) is 18.7. The number of rotatable bonds is 7. The number of carbonyl (C=O) groups excluding carboxylic acids is 1. The van der Waals surface area contributed by atoms with E-state index in [1.54, 1.807) is 13.3 Å². The molecule has 8 nitrogen and oxygen atoms in total. The lowest BCUT2D eigenvalue weighted by atomic mass is 10.2. The molecule has 26 heavy (non-hydrogen) atoms. The fourth-order valence-corrected chi connectivity index (χ4v) is 3.01. The van der Waals surface area contributed by atoms with Gasteiger partial charge in [0.05, 0.1) is 38.9 Å². The van der Waals surface area contributed by atoms with Crippen LogP contribution in [0.5, 0.6) is 11.5 Å². The molecule has 1 aromatic rings. The summed E-state index contributed by atoms with van der Waals surface area (Å²) in [5.41, 5.74) is 0.810. The number of hydrogen-bond donors (Lipinski definition) is 1. The predicted molar refractivity (Wildman–Crippen MR) is 99.0 cm³/mol. The van der Waals surface area contributed by atoms with Crippen LogP contribution in [0.2, 0.25) is 0 Å². The number of carbonyl (C=O) groups is 1. The summed E-state index contributed by atoms with van der Waals surface area (Å²) >= 11 is 1.33. The van der Waals surface area contributed by atoms with E-state index in [0.717, 1.165) is 25.2 Å². The third-order valence-electron chi connectivity index (χ3n) is 3.64. The van der Waals surface area contributed by atoms with E-state index in [1.807, 2.05) is 18.2 Å². The lowest BCUT2D eigenvalue weighted by Crippen LogP contribution is -2.26. The van der Waals surface area contributed by atoms with Gasteiger partial charge in [0.2, 0.25) is 5.91 Å². The number of amides is 1. The molecule has 2 saturated heterocycles. The second kappa shape index (κ2) is 9.56. The average molecular weight is 379 g/mol. The zero-order valence-corrected chi connectivity index (χ0v) is 15.3. The first-order valence-electron chi connectivity index (χ1n) is 8.32. The van der Waals surface area contributed by atoms with Crippen molar-refractivity contribution in [2.24, 2.45) is 10.2 Å². The molecule has 0 spiro atoms. The van der Waals surface area contributed by atoms with Crippen LogP contribution in [0.4, 0.5) is 0 Å². The number of ether oxygens (including phenoxy) is 4. The zero-order valence-electron chi connectivity index (χ0n) is 14.5. The SMILES string of the molecule is COc1ccc(C=NN=C2NC(=O)CS2)cc1OCCC1OCCCO1. The fourth-order valence-electron chi connectivity index (χ4n) is 2.38. The molecular formula is C17H21N3O5S. The molecule has 0 aromatic heterocycles. The second-order valence-corrected chi connectivity index (χ2v) is 6.52. The van der Waals surface area contributed by atoms with Crippen molar-refractivity contribution >= 4 is 29.1 Å². The molecule has 9 heteroatoms. The summed E-state index contributed by atoms with van der Waals surface area (Å²) in [5.74, 6) is 1.57. The molecule has 0 aliphatic carbocycles. The van der Waals surface area contributed by atoms with Gasteiger partial charge in [0.25, 0.3) is 0 Å². The third kappa shape index (κ3) is 5.45. The van der Waals surface area contributed by atoms with Crippen LogP contribution in [0.1, 0.15) is 18.4 Å². The Morgan fingerprint density at radius 1 is 1.35 bits per heavy atom. The van der Waals surface area contributed by atoms with E-state index < -0.39 is 0 Å². The minimum absolute atomic E-state index is 0.0602. The summed E-state index contributed by atoms with van der Waals surface area (Å²) in [5, 5.41) is 11.1. The largest absolute Gasteiger partial charge is 0.493 e. The normalized spacial score (nSPS) is 19.9. The Balaban J connectivity index is 1.57. The highest BCUT2D eigenvalue weighted by atomic mass is 32.2. The summed E-state index contributed by atoms with van der Waals surface area (Å²) in [6, 6.07) is 5.48. The monoisotopic (exact) mass is 379 g/mol. The van der Waals surface area contributed by atoms with Crippen LogP contribution in [-0.4, -0.2) is 56.3 Å². The Morgan fingerprint density at radius 3 is 2.92 bits per heavy atom. The van der Waals surface area contributed by atoms with E-state index in [0.29, 0.717) is 35.4 Å². The maximum atomic E-state index is 11.1. The zero-order chi connectivity index (χ0) is 18.2. The van der Waals surface area contributed by atoms with Crippen LogP contribution in [0, 0.1) is 0 Å². The van der Waals surface area contributed by atoms with Crippen molar-refractivity contribution < 1.29 is 23.7 Å². The fraction of sp³-hybridized carbons (Fsp3) is 0.471. The van der Waals surface area contributed by atoms with Crippen molar-refractivity contribution in [2.75, 3.05) is 32.7 Å². The van der Waals surface area contributed by atoms with Crippen molar-refractivity contribution in [3.05, 3.63) is 23.8 Å². The highest BCUT2D eigenvalue weighted by Gasteiger charge is 2.16. The minimum Gasteiger partial charge on any atom is -0.493 e. The molecule has 0 saturated carbocycles. The Bertz CT molecular complexity index is 689. The van der Waals surface area contributed by atoms with E-state index in [-0.39, 0.29) is 12.2 Å². The molecule has 0 atom stereocenters. The molecule has 140 valence electrons. The summed E-state index contributed by atoms with van der Waals surface area (Å²) < 4.78 is 22.2. The minimum atomic E-state index is -0.213. The van der Waals surface area contributed by atoms with Crippen LogP contribution in [0.15, 0.2) is 28.4 Å². The number of hydrogen-bond acceptors (Lipinski definition) is 8. The van der Waals surface area contributed by atoms with Crippen molar-refractivity contribution in [1.82, 2.24) is 5.32 Å². The van der Waals surface area contributed by atoms with Gasteiger partial charge in [-0.1, -0.05) is 11.8 Å². The molecule has 1 aromatic carbocycles. The summed E-state index contributed by atoms with van der Waals surface area (Å²) in [4.78, 5) is 11.1. The standard InChI is InChI=1S/C17H21N3O5S/c1-22-13-4-3-12(10-18-20-17-19-15(21)11-26-17)9-14(13)23-8-5-16-24-6-2-7-25-16/h3-4,9-10,16H,2,5-8,11H2,1H3,(H,19,20,21). The molecule has 2 aliphatic rings. The third-order valence-corrected chi connectivity index (χ3v) is 4.50. The van der Waals surface area contributed by atoms with E-state index in [9.17, 15) is 4.79 Å². The molecule has 1 amide bonds. The average Bonchev–Trinajstić information content (AvgIpc) is 3.08. The Morgan fingerprint density at radius 2 is 2.19 bits per heavy atom. The Kier molecular flexibility index (Phi) is 6.87. The van der Waals surface area contributed by atoms with Gasteiger partial charge in [-0.2, -0.15) is 5.10 Å². The molecule has 2 heterocycles. The van der Waals surface area contributed by atoms with Crippen LogP contribution >= 0.6 is 11.8 Å². The smallest absolute Gasteiger partial charge is 0.236 e. The van der Waals surface area contributed by atoms with Gasteiger partial charge >= 0.3 is 0 Å². The van der Waals surface area contributed by atoms with Crippen molar-refractivity contribution in [3.8, 4) is 11.5 Å². The molecule has 3 rings (SSSR count). The van der Waals surface area contributed by atoms with Crippen molar-refractivity contribution in [2.45, 2.75) is 19.1 Å². The topological polar surface area (TPSA) is 90.7 Å². The van der Waals surface area contributed by atoms with Gasteiger partial charge in [0, 0.05) is 6.42 Å². The first-order chi connectivity index (χ1) is 12.7. The highest BCUT2D eigenvalue weighted by molar-refractivity contribution is 8.15. The maximum absolute atomic E-state index is 11.1. The molecule has 0 unspecified atom stereocenters. The van der Waals surface area contributed by atoms with E-state index in [1.165, 1.54) is 11.8 Å². The number of nitrogens with zero attached hydrogens (tertiary/aromatic N) is 2. The van der Waals surface area contributed by atoms with Gasteiger partial charge in [0.1, 0.15) is 0 Å². The molecular weight excluding hydrogens is 358 g/mol. The quantitative estimate of drug-likeness (QED) is 0.574. The Labute approximate surface area is 155 Å². The lowest BCUT2D eigenvalue weighted by Gasteiger charge is -2.23. The van der Waals surface area contributed by atoms with Crippen LogP contribution in [0.25, 0.3) is 0 Å². The Hall–Kier alpha value is -2.10. The van der Waals surface area contributed by atoms with Gasteiger partial charge in [0.15, 0.2) is 23.0 Å². The number of thioether (sulfide) groups is 1. The second-order valence-electron chi connectivity index (χ2n) is 5.56. The molecule has 0 bridgehead atoms. The summed E-state index contributed by atoms with van der Waals surface area (Å²) in [6.45, 7) is 1.90. The van der Waals surface area contributed by atoms with Gasteiger partial charge in [-0.05, 0) is 30.2 Å². The molecule has 2 fully saturated rings. The number of methoxy groups -OCH3 is 1. The molecule has 1 N–H and O–H groups in total. The van der Waals surface area contributed by atoms with Crippen LogP contribution < -0.4 is 14.8 Å². The van der Waals surface area contributed by atoms with E-state index in [4.69, 9.17) is 18.9 Å². The number of benzene rings is 1. The van der Waals surface area contributed by atoms with Gasteiger partial charge < -0.3 is 24.3 Å². The lowest BCUT2D eigenvalue weighted by molar-refractivity contribution is -0.183. The highest BCUT2D eigenvalue weighted by Crippen LogP contribution is 2.28. The molecule has 2 aliphatic heterocycles. The number of amidine groups is 1. The molecule has 0 radical (unpaired) electrons. The first-order valence-corrected chi connectivity index (χ1v) is 9.31. The number of nitrogens with one attached hydrogen (secondary N) is 1. The maximum Gasteiger partial charge on any atom is 0.236 e. The summed E-state index contributed by atoms with van der Waals surface area (Å²) in [7, 11) is 1.59. The van der Waals surface area contributed by atoms with E-state index >= 15 is 0 Å². The summed E-state index contributed by atoms with van der Waals surface area (Å²) in [6.07, 6.45) is 2.96.